The lowest BCUT2D eigenvalue weighted by atomic mass is 9.97. The highest BCUT2D eigenvalue weighted by molar-refractivity contribution is 5.96. The van der Waals surface area contributed by atoms with Gasteiger partial charge in [0.15, 0.2) is 0 Å². The van der Waals surface area contributed by atoms with Gasteiger partial charge in [-0.2, -0.15) is 26.3 Å². The first-order valence-corrected chi connectivity index (χ1v) is 12.9. The van der Waals surface area contributed by atoms with E-state index in [2.05, 4.69) is 0 Å². The second-order valence-corrected chi connectivity index (χ2v) is 10.1. The maximum absolute atomic E-state index is 13.5. The third-order valence-corrected chi connectivity index (χ3v) is 7.15. The van der Waals surface area contributed by atoms with E-state index in [9.17, 15) is 35.9 Å². The van der Waals surface area contributed by atoms with Crippen molar-refractivity contribution in [3.63, 3.8) is 0 Å². The van der Waals surface area contributed by atoms with Gasteiger partial charge in [0.2, 0.25) is 5.91 Å². The van der Waals surface area contributed by atoms with E-state index < -0.39 is 41.0 Å². The van der Waals surface area contributed by atoms with Crippen LogP contribution in [0.4, 0.5) is 26.3 Å². The molecule has 10 heteroatoms. The number of halogens is 6. The first-order valence-electron chi connectivity index (χ1n) is 12.9. The number of piperazine rings is 1. The summed E-state index contributed by atoms with van der Waals surface area (Å²) in [6.45, 7) is 3.91. The maximum Gasteiger partial charge on any atom is 0.416 e. The van der Waals surface area contributed by atoms with Crippen molar-refractivity contribution in [1.82, 2.24) is 9.80 Å². The Balaban J connectivity index is 1.66. The van der Waals surface area contributed by atoms with Crippen LogP contribution in [0.1, 0.15) is 43.7 Å². The van der Waals surface area contributed by atoms with Crippen molar-refractivity contribution in [3.05, 3.63) is 112 Å². The van der Waals surface area contributed by atoms with Crippen molar-refractivity contribution in [2.45, 2.75) is 38.7 Å². The number of aryl methyl sites for hydroxylation is 2. The molecule has 4 rings (SSSR count). The summed E-state index contributed by atoms with van der Waals surface area (Å²) in [7, 11) is 0. The van der Waals surface area contributed by atoms with Crippen LogP contribution in [0.25, 0.3) is 6.08 Å². The number of carbonyl (C=O) groups is 2. The number of hydrogen-bond acceptors (Lipinski definition) is 2. The van der Waals surface area contributed by atoms with Gasteiger partial charge in [-0.25, -0.2) is 0 Å². The molecule has 3 aromatic carbocycles. The number of carbonyl (C=O) groups excluding carboxylic acids is 2. The molecular formula is C31H28F6N2O2. The first-order chi connectivity index (χ1) is 19.2. The summed E-state index contributed by atoms with van der Waals surface area (Å²) in [5.41, 5.74) is -0.153. The lowest BCUT2D eigenvalue weighted by molar-refractivity contribution is -0.143. The minimum atomic E-state index is -5.08. The van der Waals surface area contributed by atoms with E-state index in [1.54, 1.807) is 6.08 Å². The van der Waals surface area contributed by atoms with Crippen LogP contribution in [-0.4, -0.2) is 47.3 Å². The van der Waals surface area contributed by atoms with Gasteiger partial charge in [-0.3, -0.25) is 9.59 Å². The minimum absolute atomic E-state index is 0.000974. The number of amides is 2. The molecule has 1 heterocycles. The predicted octanol–water partition coefficient (Wildman–Crippen LogP) is 6.95. The number of alkyl halides is 6. The van der Waals surface area contributed by atoms with Crippen LogP contribution < -0.4 is 0 Å². The van der Waals surface area contributed by atoms with Crippen molar-refractivity contribution >= 4 is 17.9 Å². The summed E-state index contributed by atoms with van der Waals surface area (Å²) in [4.78, 5) is 29.4. The Labute approximate surface area is 233 Å². The van der Waals surface area contributed by atoms with Gasteiger partial charge in [-0.1, -0.05) is 48.5 Å². The summed E-state index contributed by atoms with van der Waals surface area (Å²) >= 11 is 0. The molecule has 0 N–H and O–H groups in total. The largest absolute Gasteiger partial charge is 0.416 e. The smallest absolute Gasteiger partial charge is 0.335 e. The van der Waals surface area contributed by atoms with Gasteiger partial charge >= 0.3 is 12.4 Å². The topological polar surface area (TPSA) is 40.6 Å². The fraction of sp³-hybridized carbons (Fsp3) is 0.290. The number of hydrogen-bond donors (Lipinski definition) is 0. The van der Waals surface area contributed by atoms with E-state index in [1.165, 1.54) is 15.9 Å². The van der Waals surface area contributed by atoms with Gasteiger partial charge in [0.1, 0.15) is 0 Å². The fourth-order valence-corrected chi connectivity index (χ4v) is 4.78. The molecule has 0 spiro atoms. The molecule has 0 unspecified atom stereocenters. The summed E-state index contributed by atoms with van der Waals surface area (Å²) in [6.07, 6.45) is -6.84. The highest BCUT2D eigenvalue weighted by atomic mass is 19.4. The standard InChI is InChI=1S/C31H28F6N2O2/c1-20-8-9-23(14-21(20)2)15-27-19-38(28(40)11-10-22-6-4-3-5-7-22)12-13-39(27)29(41)24-16-25(30(32,33)34)18-26(17-24)31(35,36)37/h3-11,14,16-18,27H,12-13,15,19H2,1-2H3/t27-/m1/s1. The third-order valence-electron chi connectivity index (χ3n) is 7.15. The summed E-state index contributed by atoms with van der Waals surface area (Å²) in [5.74, 6) is -1.27. The average molecular weight is 575 g/mol. The Morgan fingerprint density at radius 3 is 2.05 bits per heavy atom. The van der Waals surface area contributed by atoms with Crippen molar-refractivity contribution in [1.29, 1.82) is 0 Å². The normalized spacial score (nSPS) is 16.3. The van der Waals surface area contributed by atoms with Gasteiger partial charge < -0.3 is 9.80 Å². The van der Waals surface area contributed by atoms with E-state index in [0.29, 0.717) is 12.1 Å². The average Bonchev–Trinajstić information content (AvgIpc) is 2.92. The monoisotopic (exact) mass is 574 g/mol. The molecular weight excluding hydrogens is 546 g/mol. The molecule has 3 aromatic rings. The molecule has 0 saturated carbocycles. The molecule has 4 nitrogen and oxygen atoms in total. The lowest BCUT2D eigenvalue weighted by Gasteiger charge is -2.41. The van der Waals surface area contributed by atoms with E-state index >= 15 is 0 Å². The molecule has 0 bridgehead atoms. The molecule has 0 aliphatic carbocycles. The van der Waals surface area contributed by atoms with Gasteiger partial charge in [0, 0.05) is 31.3 Å². The number of benzene rings is 3. The SMILES string of the molecule is Cc1ccc(C[C@@H]2CN(C(=O)C=Cc3ccccc3)CCN2C(=O)c2cc(C(F)(F)F)cc(C(F)(F)F)c2)cc1C. The zero-order valence-corrected chi connectivity index (χ0v) is 22.4. The van der Waals surface area contributed by atoms with E-state index in [0.717, 1.165) is 22.3 Å². The Kier molecular flexibility index (Phi) is 8.60. The number of nitrogens with zero attached hydrogens (tertiary/aromatic N) is 2. The summed E-state index contributed by atoms with van der Waals surface area (Å²) in [6, 6.07) is 15.0. The Bertz CT molecular complexity index is 1410. The zero-order valence-electron chi connectivity index (χ0n) is 22.4. The van der Waals surface area contributed by atoms with Gasteiger partial charge in [0.05, 0.1) is 17.2 Å². The number of rotatable bonds is 5. The molecule has 1 fully saturated rings. The highest BCUT2D eigenvalue weighted by Crippen LogP contribution is 2.37. The van der Waals surface area contributed by atoms with Crippen LogP contribution in [-0.2, 0) is 23.6 Å². The third kappa shape index (κ3) is 7.36. The van der Waals surface area contributed by atoms with Gasteiger partial charge in [0.25, 0.3) is 5.91 Å². The minimum Gasteiger partial charge on any atom is -0.335 e. The Hall–Kier alpha value is -4.08. The van der Waals surface area contributed by atoms with Gasteiger partial charge in [-0.15, -0.1) is 0 Å². The van der Waals surface area contributed by atoms with Crippen LogP contribution >= 0.6 is 0 Å². The van der Waals surface area contributed by atoms with Crippen LogP contribution in [0, 0.1) is 13.8 Å². The molecule has 1 aliphatic rings. The molecule has 216 valence electrons. The van der Waals surface area contributed by atoms with Crippen LogP contribution in [0.15, 0.2) is 72.8 Å². The molecule has 0 radical (unpaired) electrons. The molecule has 1 aliphatic heterocycles. The first kappa shape index (κ1) is 29.9. The molecule has 1 atom stereocenters. The van der Waals surface area contributed by atoms with Crippen molar-refractivity contribution in [2.24, 2.45) is 0 Å². The zero-order chi connectivity index (χ0) is 29.9. The molecule has 0 aromatic heterocycles. The molecule has 41 heavy (non-hydrogen) atoms. The van der Waals surface area contributed by atoms with Crippen molar-refractivity contribution < 1.29 is 35.9 Å². The molecule has 2 amide bonds. The van der Waals surface area contributed by atoms with E-state index in [-0.39, 0.29) is 38.0 Å². The second kappa shape index (κ2) is 11.8. The van der Waals surface area contributed by atoms with E-state index in [1.807, 2.05) is 62.4 Å². The quantitative estimate of drug-likeness (QED) is 0.245. The van der Waals surface area contributed by atoms with E-state index in [4.69, 9.17) is 0 Å². The summed E-state index contributed by atoms with van der Waals surface area (Å²) < 4.78 is 80.8. The van der Waals surface area contributed by atoms with Crippen molar-refractivity contribution in [2.75, 3.05) is 19.6 Å². The maximum atomic E-state index is 13.5. The summed E-state index contributed by atoms with van der Waals surface area (Å²) in [5, 5.41) is 0. The fourth-order valence-electron chi connectivity index (χ4n) is 4.78. The lowest BCUT2D eigenvalue weighted by Crippen LogP contribution is -2.57. The molecule has 1 saturated heterocycles. The second-order valence-electron chi connectivity index (χ2n) is 10.1. The van der Waals surface area contributed by atoms with Crippen LogP contribution in [0.2, 0.25) is 0 Å². The highest BCUT2D eigenvalue weighted by Gasteiger charge is 2.39. The predicted molar refractivity (Wildman–Crippen MR) is 143 cm³/mol. The van der Waals surface area contributed by atoms with Crippen molar-refractivity contribution in [3.8, 4) is 0 Å². The van der Waals surface area contributed by atoms with Crippen LogP contribution in [0.3, 0.4) is 0 Å². The Morgan fingerprint density at radius 1 is 0.829 bits per heavy atom. The van der Waals surface area contributed by atoms with Gasteiger partial charge in [-0.05, 0) is 66.8 Å². The van der Waals surface area contributed by atoms with Crippen LogP contribution in [0.5, 0.6) is 0 Å². The Morgan fingerprint density at radius 2 is 1.46 bits per heavy atom.